The van der Waals surface area contributed by atoms with E-state index in [-0.39, 0.29) is 0 Å². The fourth-order valence-electron chi connectivity index (χ4n) is 1.64. The lowest BCUT2D eigenvalue weighted by molar-refractivity contribution is 0.663. The molecule has 90 valence electrons. The van der Waals surface area contributed by atoms with Gasteiger partial charge in [-0.25, -0.2) is 0 Å². The summed E-state index contributed by atoms with van der Waals surface area (Å²) in [4.78, 5) is 2.67. The van der Waals surface area contributed by atoms with Crippen molar-refractivity contribution in [2.45, 2.75) is 19.9 Å². The standard InChI is InChI=1S/C14H17NS2/c1-3-15-11(2)6-7-13-9-12(10-17-13)14-5-4-8-16-14/h4-11,15H,3H2,1-2H3/b7-6+. The second kappa shape index (κ2) is 6.15. The first kappa shape index (κ1) is 12.6. The van der Waals surface area contributed by atoms with Crippen molar-refractivity contribution in [1.82, 2.24) is 5.32 Å². The highest BCUT2D eigenvalue weighted by molar-refractivity contribution is 7.15. The van der Waals surface area contributed by atoms with Gasteiger partial charge in [0.05, 0.1) is 0 Å². The maximum Gasteiger partial charge on any atom is 0.0351 e. The summed E-state index contributed by atoms with van der Waals surface area (Å²) in [6.07, 6.45) is 4.42. The molecule has 0 aliphatic heterocycles. The van der Waals surface area contributed by atoms with Crippen LogP contribution in [0.25, 0.3) is 16.5 Å². The number of rotatable bonds is 5. The number of hydrogen-bond acceptors (Lipinski definition) is 3. The summed E-state index contributed by atoms with van der Waals surface area (Å²) in [6.45, 7) is 5.31. The fourth-order valence-corrected chi connectivity index (χ4v) is 3.24. The number of hydrogen-bond donors (Lipinski definition) is 1. The van der Waals surface area contributed by atoms with Crippen LogP contribution in [0.1, 0.15) is 18.7 Å². The molecule has 0 fully saturated rings. The van der Waals surface area contributed by atoms with Gasteiger partial charge in [-0.3, -0.25) is 0 Å². The van der Waals surface area contributed by atoms with Gasteiger partial charge in [0.15, 0.2) is 0 Å². The van der Waals surface area contributed by atoms with E-state index in [9.17, 15) is 0 Å². The molecule has 0 aromatic carbocycles. The smallest absolute Gasteiger partial charge is 0.0351 e. The first-order valence-electron chi connectivity index (χ1n) is 5.83. The molecule has 0 spiro atoms. The van der Waals surface area contributed by atoms with E-state index in [4.69, 9.17) is 0 Å². The predicted molar refractivity (Wildman–Crippen MR) is 79.8 cm³/mol. The molecule has 17 heavy (non-hydrogen) atoms. The number of nitrogens with one attached hydrogen (secondary N) is 1. The molecule has 1 nitrogen and oxygen atoms in total. The summed E-state index contributed by atoms with van der Waals surface area (Å²) in [5.74, 6) is 0. The topological polar surface area (TPSA) is 12.0 Å². The van der Waals surface area contributed by atoms with E-state index in [1.807, 2.05) is 0 Å². The van der Waals surface area contributed by atoms with E-state index in [2.05, 4.69) is 60.3 Å². The number of likely N-dealkylation sites (N-methyl/N-ethyl adjacent to an activating group) is 1. The lowest BCUT2D eigenvalue weighted by atomic mass is 10.2. The van der Waals surface area contributed by atoms with Crippen molar-refractivity contribution in [2.75, 3.05) is 6.54 Å². The Morgan fingerprint density at radius 3 is 3.00 bits per heavy atom. The molecular weight excluding hydrogens is 246 g/mol. The van der Waals surface area contributed by atoms with Gasteiger partial charge in [-0.05, 0) is 42.4 Å². The van der Waals surface area contributed by atoms with Gasteiger partial charge >= 0.3 is 0 Å². The van der Waals surface area contributed by atoms with Crippen LogP contribution in [0.15, 0.2) is 35.0 Å². The molecule has 2 rings (SSSR count). The minimum absolute atomic E-state index is 0.437. The molecule has 0 saturated heterocycles. The maximum atomic E-state index is 3.37. The van der Waals surface area contributed by atoms with E-state index in [1.165, 1.54) is 15.3 Å². The molecule has 2 heterocycles. The van der Waals surface area contributed by atoms with E-state index < -0.39 is 0 Å². The van der Waals surface area contributed by atoms with Crippen LogP contribution in [0.3, 0.4) is 0 Å². The van der Waals surface area contributed by atoms with Crippen LogP contribution in [0.4, 0.5) is 0 Å². The highest BCUT2D eigenvalue weighted by atomic mass is 32.1. The van der Waals surface area contributed by atoms with Gasteiger partial charge in [-0.15, -0.1) is 22.7 Å². The molecule has 0 radical (unpaired) electrons. The summed E-state index contributed by atoms with van der Waals surface area (Å²) < 4.78 is 0. The van der Waals surface area contributed by atoms with Crippen LogP contribution < -0.4 is 5.32 Å². The van der Waals surface area contributed by atoms with Crippen LogP contribution >= 0.6 is 22.7 Å². The zero-order valence-corrected chi connectivity index (χ0v) is 11.8. The summed E-state index contributed by atoms with van der Waals surface area (Å²) >= 11 is 3.59. The second-order valence-electron chi connectivity index (χ2n) is 3.92. The summed E-state index contributed by atoms with van der Waals surface area (Å²) in [6, 6.07) is 6.96. The van der Waals surface area contributed by atoms with E-state index in [0.717, 1.165) is 6.54 Å². The molecule has 2 aromatic rings. The van der Waals surface area contributed by atoms with Gasteiger partial charge in [-0.2, -0.15) is 0 Å². The van der Waals surface area contributed by atoms with Gasteiger partial charge in [0.1, 0.15) is 0 Å². The van der Waals surface area contributed by atoms with Crippen LogP contribution in [0, 0.1) is 0 Å². The minimum atomic E-state index is 0.437. The molecule has 2 aromatic heterocycles. The summed E-state index contributed by atoms with van der Waals surface area (Å²) in [5.41, 5.74) is 1.33. The molecule has 0 saturated carbocycles. The van der Waals surface area contributed by atoms with Gasteiger partial charge in [0.25, 0.3) is 0 Å². The molecule has 1 unspecified atom stereocenters. The average molecular weight is 263 g/mol. The Kier molecular flexibility index (Phi) is 4.54. The maximum absolute atomic E-state index is 3.37. The Morgan fingerprint density at radius 1 is 1.41 bits per heavy atom. The van der Waals surface area contributed by atoms with Gasteiger partial charge in [0, 0.05) is 21.4 Å². The Balaban J connectivity index is 2.04. The van der Waals surface area contributed by atoms with Crippen molar-refractivity contribution < 1.29 is 0 Å². The molecule has 3 heteroatoms. The van der Waals surface area contributed by atoms with Crippen molar-refractivity contribution in [3.05, 3.63) is 39.9 Å². The van der Waals surface area contributed by atoms with E-state index in [0.29, 0.717) is 6.04 Å². The second-order valence-corrected chi connectivity index (χ2v) is 5.81. The van der Waals surface area contributed by atoms with Gasteiger partial charge in [0.2, 0.25) is 0 Å². The largest absolute Gasteiger partial charge is 0.311 e. The quantitative estimate of drug-likeness (QED) is 0.838. The van der Waals surface area contributed by atoms with Crippen molar-refractivity contribution >= 4 is 28.7 Å². The lowest BCUT2D eigenvalue weighted by Crippen LogP contribution is -2.22. The molecule has 1 N–H and O–H groups in total. The Labute approximate surface area is 111 Å². The Morgan fingerprint density at radius 2 is 2.29 bits per heavy atom. The van der Waals surface area contributed by atoms with E-state index in [1.54, 1.807) is 22.7 Å². The van der Waals surface area contributed by atoms with Crippen molar-refractivity contribution in [1.29, 1.82) is 0 Å². The zero-order chi connectivity index (χ0) is 12.1. The van der Waals surface area contributed by atoms with Crippen molar-refractivity contribution in [2.24, 2.45) is 0 Å². The van der Waals surface area contributed by atoms with Crippen LogP contribution in [0.2, 0.25) is 0 Å². The van der Waals surface area contributed by atoms with Crippen molar-refractivity contribution in [3.8, 4) is 10.4 Å². The van der Waals surface area contributed by atoms with Gasteiger partial charge in [-0.1, -0.05) is 19.1 Å². The summed E-state index contributed by atoms with van der Waals surface area (Å²) in [5, 5.41) is 7.72. The van der Waals surface area contributed by atoms with Crippen LogP contribution in [-0.4, -0.2) is 12.6 Å². The Hall–Kier alpha value is -0.900. The van der Waals surface area contributed by atoms with Crippen LogP contribution in [0.5, 0.6) is 0 Å². The molecule has 1 atom stereocenters. The molecular formula is C14H17NS2. The molecule has 0 aliphatic carbocycles. The molecule has 0 aliphatic rings. The first-order valence-corrected chi connectivity index (χ1v) is 7.59. The lowest BCUT2D eigenvalue weighted by Gasteiger charge is -2.04. The normalized spacial score (nSPS) is 13.3. The number of thiophene rings is 2. The SMILES string of the molecule is CCNC(C)/C=C/c1cc(-c2cccs2)cs1. The third-order valence-corrected chi connectivity index (χ3v) is 4.32. The molecule has 0 bridgehead atoms. The predicted octanol–water partition coefficient (Wildman–Crippen LogP) is 4.49. The molecule has 0 amide bonds. The first-order chi connectivity index (χ1) is 8.29. The van der Waals surface area contributed by atoms with Crippen LogP contribution in [-0.2, 0) is 0 Å². The highest BCUT2D eigenvalue weighted by Crippen LogP contribution is 2.29. The average Bonchev–Trinajstić information content (AvgIpc) is 2.97. The third kappa shape index (κ3) is 3.53. The third-order valence-electron chi connectivity index (χ3n) is 2.50. The monoisotopic (exact) mass is 263 g/mol. The zero-order valence-electron chi connectivity index (χ0n) is 10.1. The van der Waals surface area contributed by atoms with Gasteiger partial charge < -0.3 is 5.32 Å². The van der Waals surface area contributed by atoms with E-state index >= 15 is 0 Å². The summed E-state index contributed by atoms with van der Waals surface area (Å²) in [7, 11) is 0. The van der Waals surface area contributed by atoms with Crippen molar-refractivity contribution in [3.63, 3.8) is 0 Å². The Bertz CT molecular complexity index is 468. The fraction of sp³-hybridized carbons (Fsp3) is 0.286. The highest BCUT2D eigenvalue weighted by Gasteiger charge is 2.01. The minimum Gasteiger partial charge on any atom is -0.311 e.